The molecule has 160 valence electrons. The first-order valence-corrected chi connectivity index (χ1v) is 11.2. The van der Waals surface area contributed by atoms with E-state index >= 15 is 0 Å². The first-order chi connectivity index (χ1) is 14.4. The summed E-state index contributed by atoms with van der Waals surface area (Å²) in [6.07, 6.45) is 0.839. The van der Waals surface area contributed by atoms with E-state index in [-0.39, 0.29) is 35.6 Å². The van der Waals surface area contributed by atoms with E-state index in [2.05, 4.69) is 10.6 Å². The third kappa shape index (κ3) is 5.08. The number of hydrogen-bond acceptors (Lipinski definition) is 4. The van der Waals surface area contributed by atoms with Gasteiger partial charge in [-0.25, -0.2) is 0 Å². The summed E-state index contributed by atoms with van der Waals surface area (Å²) in [5, 5.41) is 7.73. The number of carbonyl (C=O) groups is 3. The van der Waals surface area contributed by atoms with Crippen LogP contribution in [0.3, 0.4) is 0 Å². The van der Waals surface area contributed by atoms with Crippen molar-refractivity contribution in [3.8, 4) is 0 Å². The first-order valence-electron chi connectivity index (χ1n) is 10.4. The molecule has 1 saturated heterocycles. The Balaban J connectivity index is 1.77. The summed E-state index contributed by atoms with van der Waals surface area (Å²) in [7, 11) is 0. The molecule has 1 fully saturated rings. The van der Waals surface area contributed by atoms with Gasteiger partial charge in [-0.05, 0) is 36.9 Å². The van der Waals surface area contributed by atoms with E-state index in [9.17, 15) is 14.4 Å². The fraction of sp³-hybridized carbons (Fsp3) is 0.435. The van der Waals surface area contributed by atoms with Crippen molar-refractivity contribution < 1.29 is 14.4 Å². The van der Waals surface area contributed by atoms with Gasteiger partial charge in [0.05, 0.1) is 12.0 Å². The van der Waals surface area contributed by atoms with Gasteiger partial charge in [0.1, 0.15) is 0 Å². The van der Waals surface area contributed by atoms with Gasteiger partial charge in [0, 0.05) is 36.0 Å². The minimum absolute atomic E-state index is 0.0329. The average molecular weight is 428 g/mol. The van der Waals surface area contributed by atoms with Crippen LogP contribution in [0.1, 0.15) is 43.2 Å². The molecule has 2 heterocycles. The highest BCUT2D eigenvalue weighted by Crippen LogP contribution is 2.41. The number of nitrogens with one attached hydrogen (secondary N) is 2. The first kappa shape index (κ1) is 22.0. The highest BCUT2D eigenvalue weighted by atomic mass is 32.1. The molecular weight excluding hydrogens is 398 g/mol. The highest BCUT2D eigenvalue weighted by molar-refractivity contribution is 7.10. The molecule has 0 bridgehead atoms. The van der Waals surface area contributed by atoms with Crippen molar-refractivity contribution in [2.24, 2.45) is 11.8 Å². The molecule has 30 heavy (non-hydrogen) atoms. The summed E-state index contributed by atoms with van der Waals surface area (Å²) in [4.78, 5) is 40.4. The molecule has 1 aromatic carbocycles. The van der Waals surface area contributed by atoms with Crippen molar-refractivity contribution in [1.29, 1.82) is 0 Å². The van der Waals surface area contributed by atoms with Gasteiger partial charge in [0.15, 0.2) is 0 Å². The molecule has 0 aliphatic carbocycles. The lowest BCUT2D eigenvalue weighted by Crippen LogP contribution is -2.49. The Morgan fingerprint density at radius 2 is 1.83 bits per heavy atom. The third-order valence-corrected chi connectivity index (χ3v) is 6.27. The van der Waals surface area contributed by atoms with Gasteiger partial charge in [0.2, 0.25) is 17.7 Å². The number of rotatable bonds is 7. The minimum atomic E-state index is -0.344. The Bertz CT molecular complexity index is 878. The monoisotopic (exact) mass is 427 g/mol. The number of nitrogens with zero attached hydrogens (tertiary/aromatic N) is 1. The van der Waals surface area contributed by atoms with Crippen LogP contribution in [-0.4, -0.2) is 30.8 Å². The van der Waals surface area contributed by atoms with Crippen molar-refractivity contribution in [3.63, 3.8) is 0 Å². The number of benzene rings is 1. The summed E-state index contributed by atoms with van der Waals surface area (Å²) in [5.41, 5.74) is 1.93. The molecule has 2 atom stereocenters. The molecule has 2 unspecified atom stereocenters. The quantitative estimate of drug-likeness (QED) is 0.665. The Morgan fingerprint density at radius 3 is 2.47 bits per heavy atom. The van der Waals surface area contributed by atoms with Crippen molar-refractivity contribution in [2.45, 2.75) is 39.7 Å². The molecular formula is C23H29N3O3S. The van der Waals surface area contributed by atoms with E-state index < -0.39 is 0 Å². The van der Waals surface area contributed by atoms with Crippen LogP contribution in [0.25, 0.3) is 0 Å². The Hall–Kier alpha value is -2.67. The molecule has 0 radical (unpaired) electrons. The number of thiophene rings is 1. The summed E-state index contributed by atoms with van der Waals surface area (Å²) in [6.45, 7) is 6.42. The zero-order valence-electron chi connectivity index (χ0n) is 17.7. The smallest absolute Gasteiger partial charge is 0.227 e. The molecule has 3 rings (SSSR count). The lowest BCUT2D eigenvalue weighted by Gasteiger charge is -2.40. The highest BCUT2D eigenvalue weighted by Gasteiger charge is 2.41. The zero-order valence-corrected chi connectivity index (χ0v) is 18.5. The number of amides is 3. The standard InChI is InChI=1S/C23H29N3O3S/c1-15(2)22(28)24-12-13-25-23(29)18-10-11-20(27)26(17-8-6-16(3)7-9-17)21(18)19-5-4-14-30-19/h4-9,14-15,18,21H,10-13H2,1-3H3,(H,24,28)(H,25,29). The maximum Gasteiger partial charge on any atom is 0.227 e. The Kier molecular flexibility index (Phi) is 7.26. The molecule has 1 aromatic heterocycles. The van der Waals surface area contributed by atoms with Gasteiger partial charge < -0.3 is 15.5 Å². The van der Waals surface area contributed by atoms with E-state index in [0.29, 0.717) is 25.9 Å². The van der Waals surface area contributed by atoms with Crippen LogP contribution in [0.5, 0.6) is 0 Å². The summed E-state index contributed by atoms with van der Waals surface area (Å²) in [5.74, 6) is -0.517. The largest absolute Gasteiger partial charge is 0.354 e. The Labute approximate surface area is 181 Å². The normalized spacial score (nSPS) is 19.1. The lowest BCUT2D eigenvalue weighted by atomic mass is 9.86. The summed E-state index contributed by atoms with van der Waals surface area (Å²) in [6, 6.07) is 11.4. The third-order valence-electron chi connectivity index (χ3n) is 5.33. The predicted molar refractivity (Wildman–Crippen MR) is 119 cm³/mol. The molecule has 0 spiro atoms. The average Bonchev–Trinajstić information content (AvgIpc) is 3.26. The second-order valence-electron chi connectivity index (χ2n) is 7.94. The fourth-order valence-corrected chi connectivity index (χ4v) is 4.55. The SMILES string of the molecule is Cc1ccc(N2C(=O)CCC(C(=O)NCCNC(=O)C(C)C)C2c2cccs2)cc1. The molecule has 2 aromatic rings. The minimum Gasteiger partial charge on any atom is -0.354 e. The van der Waals surface area contributed by atoms with Crippen LogP contribution in [0.2, 0.25) is 0 Å². The Morgan fingerprint density at radius 1 is 1.13 bits per heavy atom. The molecule has 2 N–H and O–H groups in total. The molecule has 1 aliphatic heterocycles. The number of aryl methyl sites for hydroxylation is 1. The number of carbonyl (C=O) groups excluding carboxylic acids is 3. The van der Waals surface area contributed by atoms with Gasteiger partial charge in [-0.1, -0.05) is 37.6 Å². The maximum absolute atomic E-state index is 13.1. The van der Waals surface area contributed by atoms with E-state index in [0.717, 1.165) is 16.1 Å². The van der Waals surface area contributed by atoms with E-state index in [1.54, 1.807) is 16.2 Å². The number of piperidine rings is 1. The van der Waals surface area contributed by atoms with Crippen LogP contribution >= 0.6 is 11.3 Å². The van der Waals surface area contributed by atoms with Crippen LogP contribution in [0, 0.1) is 18.8 Å². The second kappa shape index (κ2) is 9.89. The lowest BCUT2D eigenvalue weighted by molar-refractivity contribution is -0.129. The van der Waals surface area contributed by atoms with E-state index in [1.807, 2.05) is 62.5 Å². The van der Waals surface area contributed by atoms with E-state index in [1.165, 1.54) is 0 Å². The summed E-state index contributed by atoms with van der Waals surface area (Å²) >= 11 is 1.56. The van der Waals surface area contributed by atoms with Crippen molar-refractivity contribution in [1.82, 2.24) is 10.6 Å². The van der Waals surface area contributed by atoms with Gasteiger partial charge in [0.25, 0.3) is 0 Å². The predicted octanol–water partition coefficient (Wildman–Crippen LogP) is 3.43. The molecule has 1 aliphatic rings. The number of hydrogen-bond donors (Lipinski definition) is 2. The summed E-state index contributed by atoms with van der Waals surface area (Å²) < 4.78 is 0. The van der Waals surface area contributed by atoms with Gasteiger partial charge in [-0.15, -0.1) is 11.3 Å². The second-order valence-corrected chi connectivity index (χ2v) is 8.92. The van der Waals surface area contributed by atoms with Gasteiger partial charge in [-0.2, -0.15) is 0 Å². The van der Waals surface area contributed by atoms with Crippen LogP contribution in [0.4, 0.5) is 5.69 Å². The van der Waals surface area contributed by atoms with Crippen molar-refractivity contribution >= 4 is 34.7 Å². The van der Waals surface area contributed by atoms with E-state index in [4.69, 9.17) is 0 Å². The van der Waals surface area contributed by atoms with Crippen LogP contribution < -0.4 is 15.5 Å². The molecule has 6 nitrogen and oxygen atoms in total. The van der Waals surface area contributed by atoms with Crippen molar-refractivity contribution in [2.75, 3.05) is 18.0 Å². The zero-order chi connectivity index (χ0) is 21.7. The molecule has 3 amide bonds. The molecule has 0 saturated carbocycles. The maximum atomic E-state index is 13.1. The van der Waals surface area contributed by atoms with Gasteiger partial charge >= 0.3 is 0 Å². The topological polar surface area (TPSA) is 78.5 Å². The van der Waals surface area contributed by atoms with Gasteiger partial charge in [-0.3, -0.25) is 14.4 Å². The van der Waals surface area contributed by atoms with Crippen LogP contribution in [0.15, 0.2) is 41.8 Å². The van der Waals surface area contributed by atoms with Crippen LogP contribution in [-0.2, 0) is 14.4 Å². The molecule has 7 heteroatoms. The fourth-order valence-electron chi connectivity index (χ4n) is 3.67. The number of anilines is 1. The van der Waals surface area contributed by atoms with Crippen molar-refractivity contribution in [3.05, 3.63) is 52.2 Å².